The number of nitrogens with zero attached hydrogens (tertiary/aromatic N) is 1. The first-order chi connectivity index (χ1) is 17.2. The Morgan fingerprint density at radius 1 is 1.11 bits per heavy atom. The molecule has 2 atom stereocenters. The van der Waals surface area contributed by atoms with E-state index in [2.05, 4.69) is 15.4 Å². The predicted octanol–water partition coefficient (Wildman–Crippen LogP) is 3.89. The fourth-order valence-electron chi connectivity index (χ4n) is 3.55. The number of ether oxygens (including phenoxy) is 2. The lowest BCUT2D eigenvalue weighted by molar-refractivity contribution is -0.150. The summed E-state index contributed by atoms with van der Waals surface area (Å²) in [5.41, 5.74) is 1.06. The minimum Gasteiger partial charge on any atom is -0.468 e. The summed E-state index contributed by atoms with van der Waals surface area (Å²) >= 11 is 13.0. The lowest BCUT2D eigenvalue weighted by atomic mass is 9.78. The van der Waals surface area contributed by atoms with Crippen molar-refractivity contribution in [3.05, 3.63) is 74.2 Å². The number of esters is 2. The molecule has 2 amide bonds. The van der Waals surface area contributed by atoms with Gasteiger partial charge in [-0.25, -0.2) is 4.79 Å². The fourth-order valence-corrected chi connectivity index (χ4v) is 4.74. The number of halogens is 2. The minimum absolute atomic E-state index is 0.0643. The number of carbonyl (C=O) groups is 4. The SMILES string of the molecule is COC(=O)c1ccc([C@@H]2C(C#N)=C(SCC(=O)Nc3cccc(Cl)c3Cl)NC(=O)[C@H]2C(=O)OC)cc1. The Morgan fingerprint density at radius 2 is 1.81 bits per heavy atom. The second kappa shape index (κ2) is 11.9. The van der Waals surface area contributed by atoms with Gasteiger partial charge in [-0.1, -0.05) is 53.2 Å². The highest BCUT2D eigenvalue weighted by atomic mass is 35.5. The van der Waals surface area contributed by atoms with Gasteiger partial charge in [0.25, 0.3) is 0 Å². The molecule has 1 heterocycles. The monoisotopic (exact) mass is 547 g/mol. The second-order valence-corrected chi connectivity index (χ2v) is 9.14. The van der Waals surface area contributed by atoms with Crippen LogP contribution < -0.4 is 10.6 Å². The highest BCUT2D eigenvalue weighted by Crippen LogP contribution is 2.40. The molecule has 1 aliphatic heterocycles. The number of anilines is 1. The summed E-state index contributed by atoms with van der Waals surface area (Å²) in [6.07, 6.45) is 0. The van der Waals surface area contributed by atoms with Crippen LogP contribution in [0.2, 0.25) is 10.0 Å². The van der Waals surface area contributed by atoms with Gasteiger partial charge in [-0.3, -0.25) is 14.4 Å². The topological polar surface area (TPSA) is 135 Å². The molecule has 186 valence electrons. The number of nitrogens with one attached hydrogen (secondary N) is 2. The lowest BCUT2D eigenvalue weighted by Crippen LogP contribution is -2.44. The normalized spacial score (nSPS) is 17.0. The molecule has 2 N–H and O–H groups in total. The van der Waals surface area contributed by atoms with Gasteiger partial charge in [-0.15, -0.1) is 0 Å². The predicted molar refractivity (Wildman–Crippen MR) is 134 cm³/mol. The van der Waals surface area contributed by atoms with Crippen molar-refractivity contribution in [2.75, 3.05) is 25.3 Å². The number of benzene rings is 2. The quantitative estimate of drug-likeness (QED) is 0.393. The molecule has 0 saturated carbocycles. The number of methoxy groups -OCH3 is 2. The largest absolute Gasteiger partial charge is 0.468 e. The van der Waals surface area contributed by atoms with Crippen molar-refractivity contribution < 1.29 is 28.7 Å². The Morgan fingerprint density at radius 3 is 2.42 bits per heavy atom. The van der Waals surface area contributed by atoms with E-state index in [-0.39, 0.29) is 32.0 Å². The standard InChI is InChI=1S/C24H19Cl2N3O6S/c1-34-23(32)13-8-6-12(7-9-13)18-14(10-27)22(29-21(31)19(18)24(33)35-2)36-11-17(30)28-16-5-3-4-15(25)20(16)26/h3-9,18-19H,11H2,1-2H3,(H,28,30)(H,29,31)/t18-,19+/m1/s1. The first-order valence-corrected chi connectivity index (χ1v) is 12.0. The maximum atomic E-state index is 12.9. The third-order valence-electron chi connectivity index (χ3n) is 5.25. The number of hydrogen-bond acceptors (Lipinski definition) is 8. The van der Waals surface area contributed by atoms with Gasteiger partial charge in [0.15, 0.2) is 0 Å². The van der Waals surface area contributed by atoms with E-state index >= 15 is 0 Å². The molecule has 36 heavy (non-hydrogen) atoms. The van der Waals surface area contributed by atoms with Crippen molar-refractivity contribution >= 4 is 64.4 Å². The summed E-state index contributed by atoms with van der Waals surface area (Å²) < 4.78 is 9.49. The summed E-state index contributed by atoms with van der Waals surface area (Å²) in [5, 5.41) is 15.7. The molecule has 0 bridgehead atoms. The van der Waals surface area contributed by atoms with Crippen LogP contribution in [0, 0.1) is 17.2 Å². The van der Waals surface area contributed by atoms with Gasteiger partial charge in [0.1, 0.15) is 5.92 Å². The smallest absolute Gasteiger partial charge is 0.337 e. The lowest BCUT2D eigenvalue weighted by Gasteiger charge is -2.31. The van der Waals surface area contributed by atoms with Gasteiger partial charge in [0, 0.05) is 5.92 Å². The van der Waals surface area contributed by atoms with Crippen molar-refractivity contribution in [1.82, 2.24) is 5.32 Å². The average Bonchev–Trinajstić information content (AvgIpc) is 2.88. The molecule has 0 unspecified atom stereocenters. The molecule has 12 heteroatoms. The van der Waals surface area contributed by atoms with Gasteiger partial charge in [0.2, 0.25) is 11.8 Å². The molecule has 0 spiro atoms. The van der Waals surface area contributed by atoms with Crippen molar-refractivity contribution in [1.29, 1.82) is 5.26 Å². The van der Waals surface area contributed by atoms with Crippen molar-refractivity contribution in [2.45, 2.75) is 5.92 Å². The first-order valence-electron chi connectivity index (χ1n) is 10.3. The zero-order chi connectivity index (χ0) is 26.4. The Hall–Kier alpha value is -3.52. The fraction of sp³-hybridized carbons (Fsp3) is 0.208. The van der Waals surface area contributed by atoms with Gasteiger partial charge >= 0.3 is 11.9 Å². The van der Waals surface area contributed by atoms with Gasteiger partial charge in [-0.2, -0.15) is 5.26 Å². The maximum Gasteiger partial charge on any atom is 0.337 e. The number of nitriles is 1. The molecule has 9 nitrogen and oxygen atoms in total. The highest BCUT2D eigenvalue weighted by molar-refractivity contribution is 8.03. The van der Waals surface area contributed by atoms with Crippen molar-refractivity contribution in [2.24, 2.45) is 5.92 Å². The second-order valence-electron chi connectivity index (χ2n) is 7.37. The molecule has 0 aliphatic carbocycles. The first kappa shape index (κ1) is 27.1. The van der Waals surface area contributed by atoms with Crippen LogP contribution in [0.15, 0.2) is 53.1 Å². The molecule has 1 aliphatic rings. The van der Waals surface area contributed by atoms with Crippen LogP contribution in [-0.4, -0.2) is 43.7 Å². The van der Waals surface area contributed by atoms with Crippen LogP contribution in [0.3, 0.4) is 0 Å². The molecule has 3 rings (SSSR count). The molecule has 0 aromatic heterocycles. The number of amides is 2. The van der Waals surface area contributed by atoms with E-state index < -0.39 is 35.6 Å². The van der Waals surface area contributed by atoms with Crippen LogP contribution in [0.25, 0.3) is 0 Å². The maximum absolute atomic E-state index is 12.9. The van der Waals surface area contributed by atoms with Crippen LogP contribution in [-0.2, 0) is 23.9 Å². The van der Waals surface area contributed by atoms with Crippen LogP contribution in [0.5, 0.6) is 0 Å². The molecule has 0 saturated heterocycles. The summed E-state index contributed by atoms with van der Waals surface area (Å²) in [5.74, 6) is -5.08. The van der Waals surface area contributed by atoms with Crippen molar-refractivity contribution in [3.63, 3.8) is 0 Å². The summed E-state index contributed by atoms with van der Waals surface area (Å²) in [7, 11) is 2.38. The Kier molecular flexibility index (Phi) is 8.98. The van der Waals surface area contributed by atoms with Gasteiger partial charge in [-0.05, 0) is 29.8 Å². The van der Waals surface area contributed by atoms with Crippen LogP contribution >= 0.6 is 35.0 Å². The van der Waals surface area contributed by atoms with E-state index in [1.807, 2.05) is 6.07 Å². The van der Waals surface area contributed by atoms with E-state index in [4.69, 9.17) is 27.9 Å². The Balaban J connectivity index is 1.92. The minimum atomic E-state index is -1.35. The van der Waals surface area contributed by atoms with E-state index in [0.29, 0.717) is 11.3 Å². The van der Waals surface area contributed by atoms with Crippen molar-refractivity contribution in [3.8, 4) is 6.07 Å². The zero-order valence-corrected chi connectivity index (χ0v) is 21.3. The summed E-state index contributed by atoms with van der Waals surface area (Å²) in [6.45, 7) is 0. The zero-order valence-electron chi connectivity index (χ0n) is 19.0. The highest BCUT2D eigenvalue weighted by Gasteiger charge is 2.44. The van der Waals surface area contributed by atoms with Gasteiger partial charge < -0.3 is 20.1 Å². The molecule has 2 aromatic rings. The van der Waals surface area contributed by atoms with Gasteiger partial charge in [0.05, 0.1) is 57.9 Å². The van der Waals surface area contributed by atoms with Crippen LogP contribution in [0.4, 0.5) is 5.69 Å². The molecular formula is C24H19Cl2N3O6S. The summed E-state index contributed by atoms with van der Waals surface area (Å²) in [4.78, 5) is 49.7. The number of rotatable bonds is 7. The Bertz CT molecular complexity index is 1290. The number of thioether (sulfide) groups is 1. The number of allylic oxidation sites excluding steroid dienone is 1. The Labute approximate surface area is 220 Å². The van der Waals surface area contributed by atoms with E-state index in [1.165, 1.54) is 31.4 Å². The molecule has 2 aromatic carbocycles. The number of carbonyl (C=O) groups excluding carboxylic acids is 4. The molecule has 0 fully saturated rings. The van der Waals surface area contributed by atoms with E-state index in [1.54, 1.807) is 18.2 Å². The third-order valence-corrected chi connectivity index (χ3v) is 7.08. The summed E-state index contributed by atoms with van der Waals surface area (Å²) in [6, 6.07) is 12.8. The molecule has 0 radical (unpaired) electrons. The third kappa shape index (κ3) is 5.82. The van der Waals surface area contributed by atoms with Crippen LogP contribution in [0.1, 0.15) is 21.8 Å². The average molecular weight is 548 g/mol. The number of hydrogen-bond donors (Lipinski definition) is 2. The van der Waals surface area contributed by atoms with E-state index in [9.17, 15) is 24.4 Å². The van der Waals surface area contributed by atoms with E-state index in [0.717, 1.165) is 18.9 Å². The molecular weight excluding hydrogens is 529 g/mol.